The minimum absolute atomic E-state index is 0.288. The maximum absolute atomic E-state index is 11.9. The van der Waals surface area contributed by atoms with E-state index in [4.69, 9.17) is 5.11 Å². The molecule has 0 spiro atoms. The fourth-order valence-corrected chi connectivity index (χ4v) is 1.56. The number of amides is 1. The van der Waals surface area contributed by atoms with Gasteiger partial charge in [-0.05, 0) is 17.9 Å². The molecule has 0 saturated carbocycles. The number of hydrogen-bond acceptors (Lipinski definition) is 3. The first-order valence-electron chi connectivity index (χ1n) is 5.66. The second kappa shape index (κ2) is 4.87. The zero-order chi connectivity index (χ0) is 13.2. The Labute approximate surface area is 101 Å². The van der Waals surface area contributed by atoms with E-state index in [1.54, 1.807) is 27.7 Å². The molecule has 1 rings (SSSR count). The Hall–Kier alpha value is -1.36. The fraction of sp³-hybridized carbons (Fsp3) is 0.667. The van der Waals surface area contributed by atoms with Gasteiger partial charge in [-0.3, -0.25) is 4.79 Å². The molecule has 0 bridgehead atoms. The van der Waals surface area contributed by atoms with Gasteiger partial charge in [0.25, 0.3) is 0 Å². The average Bonchev–Trinajstić information content (AvgIpc) is 2.08. The smallest absolute Gasteiger partial charge is 0.326 e. The molecular weight excluding hydrogens is 220 g/mol. The lowest BCUT2D eigenvalue weighted by atomic mass is 9.86. The second-order valence-corrected chi connectivity index (χ2v) is 5.44. The van der Waals surface area contributed by atoms with E-state index < -0.39 is 17.4 Å². The summed E-state index contributed by atoms with van der Waals surface area (Å²) in [6.07, 6.45) is 0. The van der Waals surface area contributed by atoms with E-state index in [0.29, 0.717) is 18.7 Å². The van der Waals surface area contributed by atoms with Crippen LogP contribution in [0, 0.1) is 5.41 Å². The van der Waals surface area contributed by atoms with E-state index in [1.165, 1.54) is 0 Å². The number of rotatable bonds is 3. The highest BCUT2D eigenvalue weighted by Crippen LogP contribution is 2.20. The predicted octanol–water partition coefficient (Wildman–Crippen LogP) is 0.522. The Kier molecular flexibility index (Phi) is 3.93. The van der Waals surface area contributed by atoms with Gasteiger partial charge >= 0.3 is 5.97 Å². The number of aliphatic carboxylic acids is 1. The normalized spacial score (nSPS) is 17.1. The Morgan fingerprint density at radius 1 is 1.35 bits per heavy atom. The Morgan fingerprint density at radius 3 is 2.18 bits per heavy atom. The van der Waals surface area contributed by atoms with Crippen molar-refractivity contribution in [1.82, 2.24) is 10.6 Å². The van der Waals surface area contributed by atoms with Crippen LogP contribution in [0.25, 0.3) is 0 Å². The molecule has 0 radical (unpaired) electrons. The summed E-state index contributed by atoms with van der Waals surface area (Å²) in [4.78, 5) is 23.0. The third kappa shape index (κ3) is 3.30. The van der Waals surface area contributed by atoms with Gasteiger partial charge in [-0.25, -0.2) is 4.79 Å². The van der Waals surface area contributed by atoms with Crippen molar-refractivity contribution in [2.75, 3.05) is 13.1 Å². The summed E-state index contributed by atoms with van der Waals surface area (Å²) in [5.41, 5.74) is 1.16. The van der Waals surface area contributed by atoms with Crippen LogP contribution >= 0.6 is 0 Å². The third-order valence-corrected chi connectivity index (χ3v) is 2.94. The van der Waals surface area contributed by atoms with Gasteiger partial charge in [-0.15, -0.1) is 0 Å². The summed E-state index contributed by atoms with van der Waals surface area (Å²) in [5, 5.41) is 14.7. The van der Waals surface area contributed by atoms with Gasteiger partial charge in [0.1, 0.15) is 6.04 Å². The first-order chi connectivity index (χ1) is 7.73. The molecule has 0 unspecified atom stereocenters. The van der Waals surface area contributed by atoms with Gasteiger partial charge in [-0.1, -0.05) is 20.8 Å². The maximum Gasteiger partial charge on any atom is 0.326 e. The van der Waals surface area contributed by atoms with Gasteiger partial charge in [-0.2, -0.15) is 0 Å². The Bertz CT molecular complexity index is 360. The number of carboxylic acid groups (broad SMARTS) is 1. The molecule has 0 aliphatic carbocycles. The molecule has 3 N–H and O–H groups in total. The number of carboxylic acids is 1. The van der Waals surface area contributed by atoms with Crippen molar-refractivity contribution in [3.8, 4) is 0 Å². The van der Waals surface area contributed by atoms with Crippen molar-refractivity contribution in [1.29, 1.82) is 0 Å². The largest absolute Gasteiger partial charge is 0.480 e. The van der Waals surface area contributed by atoms with Gasteiger partial charge < -0.3 is 15.7 Å². The molecule has 96 valence electrons. The molecule has 1 atom stereocenters. The number of carbonyl (C=O) groups excluding carboxylic acids is 1. The summed E-state index contributed by atoms with van der Waals surface area (Å²) in [6, 6.07) is -0.876. The molecule has 17 heavy (non-hydrogen) atoms. The fourth-order valence-electron chi connectivity index (χ4n) is 1.56. The van der Waals surface area contributed by atoms with E-state index in [0.717, 1.165) is 5.57 Å². The summed E-state index contributed by atoms with van der Waals surface area (Å²) < 4.78 is 0. The van der Waals surface area contributed by atoms with E-state index in [9.17, 15) is 9.59 Å². The standard InChI is InChI=1S/C12H20N2O3/c1-7(8-5-13-6-8)10(15)14-9(11(16)17)12(2,3)4/h9,13H,5-6H2,1-4H3,(H,14,15)(H,16,17)/t9-/m1/s1. The van der Waals surface area contributed by atoms with Gasteiger partial charge in [0.15, 0.2) is 0 Å². The number of hydrogen-bond donors (Lipinski definition) is 3. The second-order valence-electron chi connectivity index (χ2n) is 5.44. The molecule has 1 aliphatic heterocycles. The van der Waals surface area contributed by atoms with Crippen LogP contribution in [-0.4, -0.2) is 36.1 Å². The van der Waals surface area contributed by atoms with Crippen molar-refractivity contribution in [3.63, 3.8) is 0 Å². The molecule has 5 heteroatoms. The zero-order valence-corrected chi connectivity index (χ0v) is 10.8. The quantitative estimate of drug-likeness (QED) is 0.628. The first kappa shape index (κ1) is 13.7. The van der Waals surface area contributed by atoms with Gasteiger partial charge in [0, 0.05) is 18.7 Å². The molecule has 0 aromatic carbocycles. The molecule has 1 aliphatic rings. The summed E-state index contributed by atoms with van der Waals surface area (Å²) in [7, 11) is 0. The van der Waals surface area contributed by atoms with Gasteiger partial charge in [0.2, 0.25) is 5.91 Å². The molecule has 1 amide bonds. The average molecular weight is 240 g/mol. The Balaban J connectivity index is 2.75. The van der Waals surface area contributed by atoms with Crippen molar-refractivity contribution in [2.45, 2.75) is 33.7 Å². The van der Waals surface area contributed by atoms with Crippen LogP contribution in [-0.2, 0) is 9.59 Å². The minimum atomic E-state index is -1.00. The maximum atomic E-state index is 11.9. The molecule has 0 aromatic heterocycles. The van der Waals surface area contributed by atoms with Crippen molar-refractivity contribution in [2.24, 2.45) is 5.41 Å². The summed E-state index contributed by atoms with van der Waals surface area (Å²) in [6.45, 7) is 8.53. The van der Waals surface area contributed by atoms with E-state index in [-0.39, 0.29) is 5.91 Å². The highest BCUT2D eigenvalue weighted by Gasteiger charge is 2.33. The summed E-state index contributed by atoms with van der Waals surface area (Å²) >= 11 is 0. The van der Waals surface area contributed by atoms with Crippen LogP contribution in [0.1, 0.15) is 27.7 Å². The lowest BCUT2D eigenvalue weighted by Gasteiger charge is -2.29. The lowest BCUT2D eigenvalue weighted by molar-refractivity contribution is -0.144. The Morgan fingerprint density at radius 2 is 1.88 bits per heavy atom. The monoisotopic (exact) mass is 240 g/mol. The van der Waals surface area contributed by atoms with E-state index in [1.807, 2.05) is 0 Å². The SMILES string of the molecule is CC(C(=O)N[C@H](C(=O)O)C(C)(C)C)=C1CNC1. The van der Waals surface area contributed by atoms with Crippen molar-refractivity contribution in [3.05, 3.63) is 11.1 Å². The first-order valence-corrected chi connectivity index (χ1v) is 5.66. The minimum Gasteiger partial charge on any atom is -0.480 e. The van der Waals surface area contributed by atoms with Gasteiger partial charge in [0.05, 0.1) is 0 Å². The topological polar surface area (TPSA) is 78.4 Å². The van der Waals surface area contributed by atoms with Crippen LogP contribution in [0.3, 0.4) is 0 Å². The van der Waals surface area contributed by atoms with Crippen LogP contribution in [0.15, 0.2) is 11.1 Å². The highest BCUT2D eigenvalue weighted by atomic mass is 16.4. The van der Waals surface area contributed by atoms with Crippen molar-refractivity contribution >= 4 is 11.9 Å². The summed E-state index contributed by atoms with van der Waals surface area (Å²) in [5.74, 6) is -1.29. The molecule has 1 heterocycles. The van der Waals surface area contributed by atoms with Crippen LogP contribution in [0.4, 0.5) is 0 Å². The number of nitrogens with one attached hydrogen (secondary N) is 2. The molecule has 0 aromatic rings. The lowest BCUT2D eigenvalue weighted by Crippen LogP contribution is -2.50. The predicted molar refractivity (Wildman–Crippen MR) is 64.6 cm³/mol. The van der Waals surface area contributed by atoms with Crippen molar-refractivity contribution < 1.29 is 14.7 Å². The van der Waals surface area contributed by atoms with E-state index >= 15 is 0 Å². The van der Waals surface area contributed by atoms with Crippen LogP contribution in [0.5, 0.6) is 0 Å². The van der Waals surface area contributed by atoms with E-state index in [2.05, 4.69) is 10.6 Å². The molecule has 5 nitrogen and oxygen atoms in total. The third-order valence-electron chi connectivity index (χ3n) is 2.94. The number of carbonyl (C=O) groups is 2. The zero-order valence-electron chi connectivity index (χ0n) is 10.8. The molecule has 1 saturated heterocycles. The van der Waals surface area contributed by atoms with Crippen LogP contribution < -0.4 is 10.6 Å². The van der Waals surface area contributed by atoms with Crippen LogP contribution in [0.2, 0.25) is 0 Å². The molecular formula is C12H20N2O3. The molecule has 1 fully saturated rings. The highest BCUT2D eigenvalue weighted by molar-refractivity contribution is 5.96.